The lowest BCUT2D eigenvalue weighted by molar-refractivity contribution is 0.251. The van der Waals surface area contributed by atoms with Crippen LogP contribution < -0.4 is 0 Å². The van der Waals surface area contributed by atoms with Crippen LogP contribution in [0.1, 0.15) is 36.9 Å². The van der Waals surface area contributed by atoms with Crippen LogP contribution in [0.2, 0.25) is 0 Å². The molecule has 0 spiro atoms. The molecule has 4 heteroatoms. The van der Waals surface area contributed by atoms with Crippen LogP contribution in [0.5, 0.6) is 0 Å². The van der Waals surface area contributed by atoms with Crippen molar-refractivity contribution in [2.75, 3.05) is 13.1 Å². The predicted molar refractivity (Wildman–Crippen MR) is 70.3 cm³/mol. The van der Waals surface area contributed by atoms with E-state index in [1.807, 2.05) is 0 Å². The van der Waals surface area contributed by atoms with E-state index in [9.17, 15) is 0 Å². The second kappa shape index (κ2) is 5.99. The molecule has 0 amide bonds. The van der Waals surface area contributed by atoms with Gasteiger partial charge in [-0.3, -0.25) is 4.90 Å². The molecule has 1 fully saturated rings. The summed E-state index contributed by atoms with van der Waals surface area (Å²) in [6, 6.07) is 0.812. The minimum absolute atomic E-state index is 0.539. The second-order valence-corrected chi connectivity index (χ2v) is 5.57. The summed E-state index contributed by atoms with van der Waals surface area (Å²) in [6.07, 6.45) is 5.10. The van der Waals surface area contributed by atoms with Crippen molar-refractivity contribution in [1.82, 2.24) is 9.88 Å². The molecule has 1 saturated heterocycles. The van der Waals surface area contributed by atoms with Gasteiger partial charge in [0.25, 0.3) is 0 Å². The minimum atomic E-state index is 0.539. The van der Waals surface area contributed by atoms with Crippen molar-refractivity contribution in [3.8, 4) is 0 Å². The van der Waals surface area contributed by atoms with Crippen molar-refractivity contribution in [1.29, 1.82) is 0 Å². The van der Waals surface area contributed by atoms with E-state index in [1.54, 1.807) is 11.3 Å². The quantitative estimate of drug-likeness (QED) is 0.754. The normalized spacial score (nSPS) is 21.8. The Hall–Kier alpha value is -0.120. The number of hydrogen-bond acceptors (Lipinski definition) is 3. The highest BCUT2D eigenvalue weighted by Gasteiger charge is 2.22. The SMILES string of the molecule is CCC1CCCN1CCc1nc(CCl)cs1. The average Bonchev–Trinajstić information content (AvgIpc) is 2.94. The Balaban J connectivity index is 1.82. The smallest absolute Gasteiger partial charge is 0.0941 e. The van der Waals surface area contributed by atoms with E-state index in [1.165, 1.54) is 30.8 Å². The van der Waals surface area contributed by atoms with Gasteiger partial charge >= 0.3 is 0 Å². The molecule has 1 aromatic heterocycles. The topological polar surface area (TPSA) is 16.1 Å². The zero-order valence-corrected chi connectivity index (χ0v) is 11.4. The molecule has 1 unspecified atom stereocenters. The summed E-state index contributed by atoms with van der Waals surface area (Å²) < 4.78 is 0. The van der Waals surface area contributed by atoms with Crippen molar-refractivity contribution in [3.05, 3.63) is 16.1 Å². The van der Waals surface area contributed by atoms with E-state index < -0.39 is 0 Å². The first-order valence-electron chi connectivity index (χ1n) is 6.06. The monoisotopic (exact) mass is 258 g/mol. The van der Waals surface area contributed by atoms with Crippen LogP contribution in [0.3, 0.4) is 0 Å². The van der Waals surface area contributed by atoms with Crippen molar-refractivity contribution in [2.45, 2.75) is 44.5 Å². The van der Waals surface area contributed by atoms with E-state index in [2.05, 4.69) is 22.2 Å². The van der Waals surface area contributed by atoms with E-state index in [-0.39, 0.29) is 0 Å². The van der Waals surface area contributed by atoms with Gasteiger partial charge in [0.1, 0.15) is 0 Å². The number of alkyl halides is 1. The molecule has 0 saturated carbocycles. The molecule has 16 heavy (non-hydrogen) atoms. The maximum atomic E-state index is 5.75. The third kappa shape index (κ3) is 2.96. The Morgan fingerprint density at radius 1 is 1.62 bits per heavy atom. The van der Waals surface area contributed by atoms with Crippen LogP contribution >= 0.6 is 22.9 Å². The number of thiazole rings is 1. The summed E-state index contributed by atoms with van der Waals surface area (Å²) in [4.78, 5) is 7.11. The van der Waals surface area contributed by atoms with E-state index in [4.69, 9.17) is 11.6 Å². The zero-order valence-electron chi connectivity index (χ0n) is 9.79. The lowest BCUT2D eigenvalue weighted by atomic mass is 10.2. The summed E-state index contributed by atoms with van der Waals surface area (Å²) in [6.45, 7) is 4.72. The molecular weight excluding hydrogens is 240 g/mol. The Labute approximate surface area is 107 Å². The van der Waals surface area contributed by atoms with E-state index >= 15 is 0 Å². The lowest BCUT2D eigenvalue weighted by Crippen LogP contribution is -2.30. The highest BCUT2D eigenvalue weighted by atomic mass is 35.5. The van der Waals surface area contributed by atoms with Gasteiger partial charge in [-0.15, -0.1) is 22.9 Å². The summed E-state index contributed by atoms with van der Waals surface area (Å²) in [5, 5.41) is 3.31. The standard InChI is InChI=1S/C12H19ClN2S/c1-2-11-4-3-6-15(11)7-5-12-14-10(8-13)9-16-12/h9,11H,2-8H2,1H3. The van der Waals surface area contributed by atoms with Gasteiger partial charge in [-0.25, -0.2) is 4.98 Å². The molecule has 2 nitrogen and oxygen atoms in total. The van der Waals surface area contributed by atoms with Gasteiger partial charge < -0.3 is 0 Å². The maximum absolute atomic E-state index is 5.75. The third-order valence-electron chi connectivity index (χ3n) is 3.32. The fourth-order valence-corrected chi connectivity index (χ4v) is 3.43. The van der Waals surface area contributed by atoms with Crippen molar-refractivity contribution in [2.24, 2.45) is 0 Å². The number of aromatic nitrogens is 1. The molecule has 0 aromatic carbocycles. The Morgan fingerprint density at radius 3 is 3.19 bits per heavy atom. The van der Waals surface area contributed by atoms with Gasteiger partial charge in [-0.2, -0.15) is 0 Å². The molecule has 1 aliphatic heterocycles. The number of hydrogen-bond donors (Lipinski definition) is 0. The molecule has 90 valence electrons. The summed E-state index contributed by atoms with van der Waals surface area (Å²) in [5.41, 5.74) is 1.02. The molecular formula is C12H19ClN2S. The van der Waals surface area contributed by atoms with Gasteiger partial charge in [0.15, 0.2) is 0 Å². The lowest BCUT2D eigenvalue weighted by Gasteiger charge is -2.22. The number of likely N-dealkylation sites (tertiary alicyclic amines) is 1. The van der Waals surface area contributed by atoms with Crippen molar-refractivity contribution < 1.29 is 0 Å². The fourth-order valence-electron chi connectivity index (χ4n) is 2.42. The predicted octanol–water partition coefficient (Wildman–Crippen LogP) is 3.30. The summed E-state index contributed by atoms with van der Waals surface area (Å²) >= 11 is 7.49. The highest BCUT2D eigenvalue weighted by Crippen LogP contribution is 2.20. The first-order chi connectivity index (χ1) is 7.83. The van der Waals surface area contributed by atoms with Crippen LogP contribution in [0, 0.1) is 0 Å². The average molecular weight is 259 g/mol. The largest absolute Gasteiger partial charge is 0.300 e. The second-order valence-electron chi connectivity index (χ2n) is 4.36. The Bertz CT molecular complexity index is 327. The third-order valence-corrected chi connectivity index (χ3v) is 4.55. The van der Waals surface area contributed by atoms with Gasteiger partial charge in [0.2, 0.25) is 0 Å². The first kappa shape index (κ1) is 12.3. The molecule has 2 heterocycles. The first-order valence-corrected chi connectivity index (χ1v) is 7.48. The maximum Gasteiger partial charge on any atom is 0.0941 e. The van der Waals surface area contributed by atoms with Crippen molar-refractivity contribution >= 4 is 22.9 Å². The van der Waals surface area contributed by atoms with Crippen LogP contribution in [-0.4, -0.2) is 29.0 Å². The Kier molecular flexibility index (Phi) is 4.62. The van der Waals surface area contributed by atoms with Crippen LogP contribution in [0.15, 0.2) is 5.38 Å². The van der Waals surface area contributed by atoms with Crippen LogP contribution in [-0.2, 0) is 12.3 Å². The van der Waals surface area contributed by atoms with Gasteiger partial charge in [0, 0.05) is 24.4 Å². The molecule has 0 bridgehead atoms. The molecule has 0 aliphatic carbocycles. The molecule has 1 aliphatic rings. The summed E-state index contributed by atoms with van der Waals surface area (Å²) in [7, 11) is 0. The van der Waals surface area contributed by atoms with Gasteiger partial charge in [-0.05, 0) is 25.8 Å². The summed E-state index contributed by atoms with van der Waals surface area (Å²) in [5.74, 6) is 0.539. The molecule has 1 atom stereocenters. The number of halogens is 1. The van der Waals surface area contributed by atoms with E-state index in [0.29, 0.717) is 5.88 Å². The highest BCUT2D eigenvalue weighted by molar-refractivity contribution is 7.09. The fraction of sp³-hybridized carbons (Fsp3) is 0.750. The molecule has 2 rings (SSSR count). The molecule has 1 aromatic rings. The number of nitrogens with zero attached hydrogens (tertiary/aromatic N) is 2. The Morgan fingerprint density at radius 2 is 2.50 bits per heavy atom. The minimum Gasteiger partial charge on any atom is -0.300 e. The van der Waals surface area contributed by atoms with Gasteiger partial charge in [0.05, 0.1) is 16.6 Å². The van der Waals surface area contributed by atoms with Gasteiger partial charge in [-0.1, -0.05) is 6.92 Å². The zero-order chi connectivity index (χ0) is 11.4. The van der Waals surface area contributed by atoms with Crippen LogP contribution in [0.25, 0.3) is 0 Å². The molecule has 0 N–H and O–H groups in total. The van der Waals surface area contributed by atoms with E-state index in [0.717, 1.165) is 24.7 Å². The molecule has 0 radical (unpaired) electrons. The number of rotatable bonds is 5. The van der Waals surface area contributed by atoms with Crippen molar-refractivity contribution in [3.63, 3.8) is 0 Å². The van der Waals surface area contributed by atoms with Crippen LogP contribution in [0.4, 0.5) is 0 Å².